The van der Waals surface area contributed by atoms with E-state index in [0.29, 0.717) is 25.6 Å². The summed E-state index contributed by atoms with van der Waals surface area (Å²) in [7, 11) is -3.06. The Morgan fingerprint density at radius 1 is 1.23 bits per heavy atom. The van der Waals surface area contributed by atoms with Crippen LogP contribution in [0.3, 0.4) is 0 Å². The third-order valence-corrected chi connectivity index (χ3v) is 5.92. The molecule has 1 saturated heterocycles. The third-order valence-electron chi connectivity index (χ3n) is 4.61. The van der Waals surface area contributed by atoms with Crippen LogP contribution in [0.5, 0.6) is 0 Å². The molecule has 148 valence electrons. The van der Waals surface area contributed by atoms with Crippen LogP contribution in [0.25, 0.3) is 0 Å². The summed E-state index contributed by atoms with van der Waals surface area (Å²) in [5, 5.41) is 6.68. The lowest BCUT2D eigenvalue weighted by Gasteiger charge is -2.30. The van der Waals surface area contributed by atoms with E-state index in [4.69, 9.17) is 0 Å². The Morgan fingerprint density at radius 3 is 2.46 bits per heavy atom. The summed E-state index contributed by atoms with van der Waals surface area (Å²) in [5.74, 6) is 1.29. The highest BCUT2D eigenvalue weighted by molar-refractivity contribution is 14.0. The largest absolute Gasteiger partial charge is 0.357 e. The van der Waals surface area contributed by atoms with E-state index in [-0.39, 0.29) is 24.0 Å². The van der Waals surface area contributed by atoms with Crippen molar-refractivity contribution in [3.8, 4) is 0 Å². The summed E-state index contributed by atoms with van der Waals surface area (Å²) < 4.78 is 24.7. The average molecular weight is 494 g/mol. The van der Waals surface area contributed by atoms with Gasteiger partial charge in [0, 0.05) is 26.2 Å². The molecule has 1 aromatic rings. The van der Waals surface area contributed by atoms with Crippen LogP contribution < -0.4 is 10.6 Å². The first-order valence-electron chi connectivity index (χ1n) is 8.92. The number of aliphatic imine (C=N–C) groups is 1. The van der Waals surface area contributed by atoms with E-state index in [2.05, 4.69) is 41.6 Å². The van der Waals surface area contributed by atoms with E-state index >= 15 is 0 Å². The van der Waals surface area contributed by atoms with Crippen LogP contribution in [-0.2, 0) is 16.6 Å². The molecular formula is C18H31IN4O2S. The lowest BCUT2D eigenvalue weighted by atomic mass is 9.98. The summed E-state index contributed by atoms with van der Waals surface area (Å²) in [5.41, 5.74) is 2.47. The number of benzene rings is 1. The Hall–Kier alpha value is -0.870. The van der Waals surface area contributed by atoms with Crippen molar-refractivity contribution in [1.29, 1.82) is 0 Å². The highest BCUT2D eigenvalue weighted by Crippen LogP contribution is 2.18. The van der Waals surface area contributed by atoms with Crippen molar-refractivity contribution in [2.24, 2.45) is 10.9 Å². The van der Waals surface area contributed by atoms with Crippen molar-refractivity contribution in [2.45, 2.75) is 33.2 Å². The van der Waals surface area contributed by atoms with E-state index < -0.39 is 10.0 Å². The molecule has 1 fully saturated rings. The molecule has 26 heavy (non-hydrogen) atoms. The summed E-state index contributed by atoms with van der Waals surface area (Å²) in [6.07, 6.45) is 3.06. The van der Waals surface area contributed by atoms with E-state index in [1.165, 1.54) is 17.4 Å². The van der Waals surface area contributed by atoms with Crippen molar-refractivity contribution in [3.05, 3.63) is 35.4 Å². The Kier molecular flexibility index (Phi) is 9.88. The van der Waals surface area contributed by atoms with Gasteiger partial charge in [0.1, 0.15) is 0 Å². The minimum absolute atomic E-state index is 0. The lowest BCUT2D eigenvalue weighted by Crippen LogP contribution is -2.44. The zero-order valence-corrected chi connectivity index (χ0v) is 19.0. The standard InChI is InChI=1S/C18H30N4O2S.HI/c1-4-19-18(21-14-17-8-6-5-7-15(17)2)20-13-16-9-11-22(12-10-16)25(3,23)24;/h5-8,16H,4,9-14H2,1-3H3,(H2,19,20,21);1H. The molecule has 2 rings (SSSR count). The summed E-state index contributed by atoms with van der Waals surface area (Å²) in [6, 6.07) is 8.27. The average Bonchev–Trinajstić information content (AvgIpc) is 2.58. The molecule has 1 aromatic carbocycles. The molecule has 8 heteroatoms. The molecular weight excluding hydrogens is 463 g/mol. The van der Waals surface area contributed by atoms with Gasteiger partial charge in [0.15, 0.2) is 5.96 Å². The fourth-order valence-electron chi connectivity index (χ4n) is 2.98. The fourth-order valence-corrected chi connectivity index (χ4v) is 3.85. The first kappa shape index (κ1) is 23.2. The number of guanidine groups is 1. The van der Waals surface area contributed by atoms with Gasteiger partial charge in [-0.05, 0) is 43.7 Å². The Morgan fingerprint density at radius 2 is 1.88 bits per heavy atom. The Balaban J connectivity index is 0.00000338. The number of nitrogens with one attached hydrogen (secondary N) is 2. The lowest BCUT2D eigenvalue weighted by molar-refractivity contribution is 0.275. The van der Waals surface area contributed by atoms with Gasteiger partial charge in [-0.1, -0.05) is 24.3 Å². The van der Waals surface area contributed by atoms with Gasteiger partial charge >= 0.3 is 0 Å². The van der Waals surface area contributed by atoms with Gasteiger partial charge < -0.3 is 10.6 Å². The molecule has 1 aliphatic heterocycles. The van der Waals surface area contributed by atoms with Gasteiger partial charge in [-0.2, -0.15) is 0 Å². The number of piperidine rings is 1. The Bertz CT molecular complexity index is 686. The fraction of sp³-hybridized carbons (Fsp3) is 0.611. The van der Waals surface area contributed by atoms with Crippen molar-refractivity contribution in [1.82, 2.24) is 14.9 Å². The molecule has 2 N–H and O–H groups in total. The van der Waals surface area contributed by atoms with E-state index in [0.717, 1.165) is 31.9 Å². The summed E-state index contributed by atoms with van der Waals surface area (Å²) >= 11 is 0. The van der Waals surface area contributed by atoms with Crippen LogP contribution in [0, 0.1) is 12.8 Å². The molecule has 0 saturated carbocycles. The van der Waals surface area contributed by atoms with Crippen LogP contribution in [0.2, 0.25) is 0 Å². The van der Waals surface area contributed by atoms with Gasteiger partial charge in [-0.15, -0.1) is 24.0 Å². The highest BCUT2D eigenvalue weighted by atomic mass is 127. The number of rotatable bonds is 6. The van der Waals surface area contributed by atoms with E-state index in [1.807, 2.05) is 12.1 Å². The highest BCUT2D eigenvalue weighted by Gasteiger charge is 2.24. The van der Waals surface area contributed by atoms with Crippen LogP contribution in [0.15, 0.2) is 29.3 Å². The first-order valence-corrected chi connectivity index (χ1v) is 10.8. The molecule has 0 aliphatic carbocycles. The molecule has 6 nitrogen and oxygen atoms in total. The van der Waals surface area contributed by atoms with Crippen molar-refractivity contribution >= 4 is 40.0 Å². The maximum atomic E-state index is 11.6. The molecule has 0 radical (unpaired) electrons. The zero-order valence-electron chi connectivity index (χ0n) is 15.9. The number of halogens is 1. The monoisotopic (exact) mass is 494 g/mol. The number of hydrogen-bond donors (Lipinski definition) is 2. The number of nitrogens with zero attached hydrogens (tertiary/aromatic N) is 2. The molecule has 0 spiro atoms. The maximum Gasteiger partial charge on any atom is 0.211 e. The molecule has 1 aliphatic rings. The minimum Gasteiger partial charge on any atom is -0.357 e. The second-order valence-electron chi connectivity index (χ2n) is 6.61. The van der Waals surface area contributed by atoms with E-state index in [9.17, 15) is 8.42 Å². The maximum absolute atomic E-state index is 11.6. The van der Waals surface area contributed by atoms with Crippen molar-refractivity contribution in [3.63, 3.8) is 0 Å². The van der Waals surface area contributed by atoms with Crippen LogP contribution in [0.4, 0.5) is 0 Å². The SMILES string of the molecule is CCNC(=NCc1ccccc1C)NCC1CCN(S(C)(=O)=O)CC1.I. The van der Waals surface area contributed by atoms with Crippen molar-refractivity contribution < 1.29 is 8.42 Å². The number of hydrogen-bond acceptors (Lipinski definition) is 3. The predicted molar refractivity (Wildman–Crippen MR) is 119 cm³/mol. The molecule has 1 heterocycles. The smallest absolute Gasteiger partial charge is 0.211 e. The number of sulfonamides is 1. The molecule has 0 atom stereocenters. The Labute approximate surface area is 174 Å². The summed E-state index contributed by atoms with van der Waals surface area (Å²) in [6.45, 7) is 7.65. The van der Waals surface area contributed by atoms with Crippen LogP contribution >= 0.6 is 24.0 Å². The van der Waals surface area contributed by atoms with Crippen LogP contribution in [-0.4, -0.2) is 51.1 Å². The van der Waals surface area contributed by atoms with Gasteiger partial charge in [0.2, 0.25) is 10.0 Å². The molecule has 0 aromatic heterocycles. The first-order chi connectivity index (χ1) is 11.9. The van der Waals surface area contributed by atoms with Gasteiger partial charge in [0.25, 0.3) is 0 Å². The molecule has 0 unspecified atom stereocenters. The molecule has 0 amide bonds. The second-order valence-corrected chi connectivity index (χ2v) is 8.59. The quantitative estimate of drug-likeness (QED) is 0.362. The summed E-state index contributed by atoms with van der Waals surface area (Å²) in [4.78, 5) is 4.67. The van der Waals surface area contributed by atoms with E-state index in [1.54, 1.807) is 4.31 Å². The predicted octanol–water partition coefficient (Wildman–Crippen LogP) is 2.34. The molecule has 0 bridgehead atoms. The normalized spacial score (nSPS) is 16.8. The topological polar surface area (TPSA) is 73.8 Å². The minimum atomic E-state index is -3.06. The van der Waals surface area contributed by atoms with Gasteiger partial charge in [0.05, 0.1) is 12.8 Å². The van der Waals surface area contributed by atoms with Crippen LogP contribution in [0.1, 0.15) is 30.9 Å². The zero-order chi connectivity index (χ0) is 18.3. The van der Waals surface area contributed by atoms with Crippen molar-refractivity contribution in [2.75, 3.05) is 32.4 Å². The second kappa shape index (κ2) is 11.1. The number of aryl methyl sites for hydroxylation is 1. The van der Waals surface area contributed by atoms with Gasteiger partial charge in [-0.25, -0.2) is 17.7 Å². The third kappa shape index (κ3) is 7.40. The van der Waals surface area contributed by atoms with Gasteiger partial charge in [-0.3, -0.25) is 0 Å².